The quantitative estimate of drug-likeness (QED) is 0.823. The number of H-pyrrole nitrogens is 1. The minimum Gasteiger partial charge on any atom is -0.468 e. The number of aromatic nitrogens is 1. The van der Waals surface area contributed by atoms with Crippen molar-refractivity contribution >= 4 is 16.0 Å². The normalized spacial score (nSPS) is 21.7. The smallest absolute Gasteiger partial charge is 0.324 e. The molecule has 1 aromatic heterocycles. The Bertz CT molecular complexity index is 509. The van der Waals surface area contributed by atoms with E-state index >= 15 is 0 Å². The maximum Gasteiger partial charge on any atom is 0.324 e. The van der Waals surface area contributed by atoms with Crippen LogP contribution in [0.3, 0.4) is 0 Å². The van der Waals surface area contributed by atoms with Gasteiger partial charge in [0.05, 0.1) is 12.0 Å². The van der Waals surface area contributed by atoms with Crippen LogP contribution in [-0.2, 0) is 19.6 Å². The van der Waals surface area contributed by atoms with Crippen molar-refractivity contribution in [1.82, 2.24) is 9.29 Å². The van der Waals surface area contributed by atoms with Crippen LogP contribution in [0.5, 0.6) is 0 Å². The molecule has 0 aliphatic carbocycles. The molecule has 0 aromatic carbocycles. The third kappa shape index (κ3) is 2.28. The van der Waals surface area contributed by atoms with Crippen LogP contribution in [0.15, 0.2) is 23.4 Å². The van der Waals surface area contributed by atoms with Crippen molar-refractivity contribution in [3.05, 3.63) is 18.5 Å². The molecule has 1 aliphatic rings. The SMILES string of the molecule is COC(=O)C1CCCCN1S(=O)(=O)c1cc[nH]c1. The lowest BCUT2D eigenvalue weighted by atomic mass is 10.1. The van der Waals surface area contributed by atoms with Gasteiger partial charge in [0.2, 0.25) is 10.0 Å². The van der Waals surface area contributed by atoms with Crippen molar-refractivity contribution in [3.8, 4) is 0 Å². The average Bonchev–Trinajstić information content (AvgIpc) is 2.92. The van der Waals surface area contributed by atoms with E-state index in [1.165, 1.54) is 23.7 Å². The van der Waals surface area contributed by atoms with Gasteiger partial charge < -0.3 is 9.72 Å². The summed E-state index contributed by atoms with van der Waals surface area (Å²) in [5.41, 5.74) is 0. The number of esters is 1. The number of sulfonamides is 1. The van der Waals surface area contributed by atoms with Crippen LogP contribution in [0.4, 0.5) is 0 Å². The summed E-state index contributed by atoms with van der Waals surface area (Å²) in [6.45, 7) is 0.354. The summed E-state index contributed by atoms with van der Waals surface area (Å²) in [6.07, 6.45) is 5.06. The summed E-state index contributed by atoms with van der Waals surface area (Å²) < 4.78 is 30.7. The first kappa shape index (κ1) is 13.1. The van der Waals surface area contributed by atoms with Gasteiger partial charge in [-0.3, -0.25) is 4.79 Å². The fourth-order valence-electron chi connectivity index (χ4n) is 2.17. The molecule has 18 heavy (non-hydrogen) atoms. The van der Waals surface area contributed by atoms with Crippen LogP contribution in [0, 0.1) is 0 Å². The van der Waals surface area contributed by atoms with Gasteiger partial charge in [-0.05, 0) is 25.3 Å². The molecule has 1 N–H and O–H groups in total. The van der Waals surface area contributed by atoms with Crippen molar-refractivity contribution < 1.29 is 17.9 Å². The van der Waals surface area contributed by atoms with E-state index in [0.717, 1.165) is 12.8 Å². The van der Waals surface area contributed by atoms with Crippen molar-refractivity contribution in [2.45, 2.75) is 30.2 Å². The lowest BCUT2D eigenvalue weighted by Gasteiger charge is -2.32. The first-order valence-electron chi connectivity index (χ1n) is 5.80. The van der Waals surface area contributed by atoms with Crippen molar-refractivity contribution in [2.24, 2.45) is 0 Å². The minimum absolute atomic E-state index is 0.179. The van der Waals surface area contributed by atoms with Crippen LogP contribution in [0.1, 0.15) is 19.3 Å². The Morgan fingerprint density at radius 3 is 2.89 bits per heavy atom. The number of rotatable bonds is 3. The van der Waals surface area contributed by atoms with Crippen LogP contribution in [0.25, 0.3) is 0 Å². The predicted molar refractivity (Wildman–Crippen MR) is 64.3 cm³/mol. The Kier molecular flexibility index (Phi) is 3.72. The number of hydrogen-bond acceptors (Lipinski definition) is 4. The molecule has 0 radical (unpaired) electrons. The van der Waals surface area contributed by atoms with Gasteiger partial charge in [0.25, 0.3) is 0 Å². The zero-order chi connectivity index (χ0) is 13.2. The highest BCUT2D eigenvalue weighted by Gasteiger charge is 2.38. The molecule has 6 nitrogen and oxygen atoms in total. The van der Waals surface area contributed by atoms with E-state index in [0.29, 0.717) is 13.0 Å². The summed E-state index contributed by atoms with van der Waals surface area (Å²) in [4.78, 5) is 14.5. The number of ether oxygens (including phenoxy) is 1. The molecular weight excluding hydrogens is 256 g/mol. The number of nitrogens with one attached hydrogen (secondary N) is 1. The third-order valence-electron chi connectivity index (χ3n) is 3.10. The number of piperidine rings is 1. The molecule has 0 saturated carbocycles. The number of hydrogen-bond donors (Lipinski definition) is 1. The monoisotopic (exact) mass is 272 g/mol. The molecule has 1 unspecified atom stereocenters. The van der Waals surface area contributed by atoms with Crippen LogP contribution in [-0.4, -0.2) is 43.4 Å². The fourth-order valence-corrected chi connectivity index (χ4v) is 3.79. The van der Waals surface area contributed by atoms with Gasteiger partial charge in [0, 0.05) is 18.9 Å². The summed E-state index contributed by atoms with van der Waals surface area (Å²) in [7, 11) is -2.35. The largest absolute Gasteiger partial charge is 0.468 e. The second-order valence-corrected chi connectivity index (χ2v) is 6.09. The molecule has 1 aromatic rings. The van der Waals surface area contributed by atoms with Crippen LogP contribution >= 0.6 is 0 Å². The fraction of sp³-hybridized carbons (Fsp3) is 0.545. The van der Waals surface area contributed by atoms with Gasteiger partial charge in [-0.2, -0.15) is 4.31 Å². The second-order valence-electron chi connectivity index (χ2n) is 4.20. The maximum absolute atomic E-state index is 12.4. The van der Waals surface area contributed by atoms with Crippen LogP contribution in [0.2, 0.25) is 0 Å². The molecule has 2 heterocycles. The Labute approximate surface area is 106 Å². The molecule has 1 fully saturated rings. The first-order valence-corrected chi connectivity index (χ1v) is 7.24. The zero-order valence-corrected chi connectivity index (χ0v) is 10.9. The van der Waals surface area contributed by atoms with Crippen LogP contribution < -0.4 is 0 Å². The Morgan fingerprint density at radius 2 is 2.28 bits per heavy atom. The second kappa shape index (κ2) is 5.11. The number of nitrogens with zero attached hydrogens (tertiary/aromatic N) is 1. The van der Waals surface area contributed by atoms with E-state index in [9.17, 15) is 13.2 Å². The summed E-state index contributed by atoms with van der Waals surface area (Å²) in [6, 6.07) is 0.779. The highest BCUT2D eigenvalue weighted by atomic mass is 32.2. The molecular formula is C11H16N2O4S. The van der Waals surface area contributed by atoms with Gasteiger partial charge >= 0.3 is 5.97 Å². The summed E-state index contributed by atoms with van der Waals surface area (Å²) >= 11 is 0. The minimum atomic E-state index is -3.62. The molecule has 2 rings (SSSR count). The first-order chi connectivity index (χ1) is 8.57. The van der Waals surface area contributed by atoms with Gasteiger partial charge in [-0.1, -0.05) is 0 Å². The third-order valence-corrected chi connectivity index (χ3v) is 5.01. The summed E-state index contributed by atoms with van der Waals surface area (Å²) in [5, 5.41) is 0. The number of carbonyl (C=O) groups excluding carboxylic acids is 1. The number of aromatic amines is 1. The Morgan fingerprint density at radius 1 is 1.50 bits per heavy atom. The number of carbonyl (C=O) groups is 1. The van der Waals surface area contributed by atoms with Gasteiger partial charge in [-0.15, -0.1) is 0 Å². The summed E-state index contributed by atoms with van der Waals surface area (Å²) in [5.74, 6) is -0.492. The van der Waals surface area contributed by atoms with Gasteiger partial charge in [0.15, 0.2) is 0 Å². The van der Waals surface area contributed by atoms with Crippen molar-refractivity contribution in [1.29, 1.82) is 0 Å². The Balaban J connectivity index is 2.32. The molecule has 7 heteroatoms. The van der Waals surface area contributed by atoms with Crippen molar-refractivity contribution in [2.75, 3.05) is 13.7 Å². The average molecular weight is 272 g/mol. The molecule has 0 amide bonds. The number of methoxy groups -OCH3 is 1. The highest BCUT2D eigenvalue weighted by Crippen LogP contribution is 2.25. The molecule has 100 valence electrons. The zero-order valence-electron chi connectivity index (χ0n) is 10.1. The van der Waals surface area contributed by atoms with E-state index in [4.69, 9.17) is 0 Å². The molecule has 1 saturated heterocycles. The van der Waals surface area contributed by atoms with Gasteiger partial charge in [-0.25, -0.2) is 8.42 Å². The Hall–Kier alpha value is -1.34. The van der Waals surface area contributed by atoms with E-state index in [1.54, 1.807) is 6.20 Å². The van der Waals surface area contributed by atoms with E-state index in [2.05, 4.69) is 9.72 Å². The molecule has 1 aliphatic heterocycles. The topological polar surface area (TPSA) is 79.5 Å². The van der Waals surface area contributed by atoms with E-state index < -0.39 is 22.0 Å². The molecule has 0 bridgehead atoms. The van der Waals surface area contributed by atoms with E-state index in [1.807, 2.05) is 0 Å². The van der Waals surface area contributed by atoms with Crippen molar-refractivity contribution in [3.63, 3.8) is 0 Å². The lowest BCUT2D eigenvalue weighted by Crippen LogP contribution is -2.48. The standard InChI is InChI=1S/C11H16N2O4S/c1-17-11(14)10-4-2-3-7-13(10)18(15,16)9-5-6-12-8-9/h5-6,8,10,12H,2-4,7H2,1H3. The molecule has 1 atom stereocenters. The predicted octanol–water partition coefficient (Wildman–Crippen LogP) is 0.731. The maximum atomic E-state index is 12.4. The lowest BCUT2D eigenvalue weighted by molar-refractivity contribution is -0.146. The molecule has 0 spiro atoms. The van der Waals surface area contributed by atoms with Gasteiger partial charge in [0.1, 0.15) is 6.04 Å². The van der Waals surface area contributed by atoms with E-state index in [-0.39, 0.29) is 4.90 Å². The highest BCUT2D eigenvalue weighted by molar-refractivity contribution is 7.89.